The second-order valence-electron chi connectivity index (χ2n) is 5.78. The molecule has 7 heteroatoms. The first-order chi connectivity index (χ1) is 11.5. The number of aromatic nitrogens is 2. The van der Waals surface area contributed by atoms with Crippen LogP contribution in [0, 0.1) is 0 Å². The molecule has 2 aromatic heterocycles. The van der Waals surface area contributed by atoms with Gasteiger partial charge in [0.2, 0.25) is 5.82 Å². The van der Waals surface area contributed by atoms with Crippen molar-refractivity contribution in [1.82, 2.24) is 24.5 Å². The lowest BCUT2D eigenvalue weighted by molar-refractivity contribution is 0.0760. The minimum atomic E-state index is -0.265. The van der Waals surface area contributed by atoms with E-state index in [1.54, 1.807) is 21.6 Å². The van der Waals surface area contributed by atoms with Gasteiger partial charge in [-0.3, -0.25) is 14.0 Å². The number of hydrogen-bond donors (Lipinski definition) is 1. The van der Waals surface area contributed by atoms with Crippen molar-refractivity contribution in [2.75, 3.05) is 40.3 Å². The maximum Gasteiger partial charge on any atom is 0.290 e. The number of likely N-dealkylation sites (N-methyl/N-ethyl adjacent to an activating group) is 1. The van der Waals surface area contributed by atoms with E-state index in [1.165, 1.54) is 0 Å². The molecule has 130 valence electrons. The molecule has 0 spiro atoms. The first kappa shape index (κ1) is 17.9. The number of nitrogens with zero attached hydrogens (tertiary/aromatic N) is 4. The van der Waals surface area contributed by atoms with Crippen LogP contribution in [0.2, 0.25) is 0 Å². The van der Waals surface area contributed by atoms with Crippen LogP contribution < -0.4 is 5.32 Å². The first-order valence-corrected chi connectivity index (χ1v) is 8.18. The van der Waals surface area contributed by atoms with Crippen molar-refractivity contribution in [3.05, 3.63) is 35.9 Å². The fraction of sp³-hybridized carbons (Fsp3) is 0.471. The summed E-state index contributed by atoms with van der Waals surface area (Å²) in [7, 11) is 3.89. The van der Waals surface area contributed by atoms with E-state index in [0.29, 0.717) is 25.2 Å². The highest BCUT2D eigenvalue weighted by Gasteiger charge is 2.23. The molecule has 0 aromatic carbocycles. The van der Waals surface area contributed by atoms with Crippen molar-refractivity contribution < 1.29 is 9.59 Å². The van der Waals surface area contributed by atoms with Crippen LogP contribution in [0.3, 0.4) is 0 Å². The van der Waals surface area contributed by atoms with Gasteiger partial charge in [-0.05, 0) is 40.1 Å². The Morgan fingerprint density at radius 3 is 2.54 bits per heavy atom. The Morgan fingerprint density at radius 1 is 1.21 bits per heavy atom. The minimum Gasteiger partial charge on any atom is -0.349 e. The van der Waals surface area contributed by atoms with Crippen molar-refractivity contribution in [2.45, 2.75) is 13.8 Å². The molecule has 0 aliphatic heterocycles. The van der Waals surface area contributed by atoms with Crippen LogP contribution in [0.25, 0.3) is 5.52 Å². The van der Waals surface area contributed by atoms with E-state index in [1.807, 2.05) is 45.0 Å². The van der Waals surface area contributed by atoms with Crippen LogP contribution in [0.5, 0.6) is 0 Å². The Kier molecular flexibility index (Phi) is 5.92. The van der Waals surface area contributed by atoms with Crippen LogP contribution >= 0.6 is 0 Å². The molecule has 2 aromatic rings. The molecule has 2 heterocycles. The fourth-order valence-corrected chi connectivity index (χ4v) is 2.48. The lowest BCUT2D eigenvalue weighted by Gasteiger charge is -2.17. The standard InChI is InChI=1S/C17H25N5O2/c1-5-21(6-2)17(24)15-19-14(13-9-7-8-11-22(13)15)16(23)18-10-12-20(3)4/h7-9,11H,5-6,10,12H2,1-4H3,(H,18,23). The van der Waals surface area contributed by atoms with Gasteiger partial charge >= 0.3 is 0 Å². The third-order valence-electron chi connectivity index (χ3n) is 3.85. The van der Waals surface area contributed by atoms with Crippen molar-refractivity contribution in [3.8, 4) is 0 Å². The van der Waals surface area contributed by atoms with E-state index < -0.39 is 0 Å². The molecular weight excluding hydrogens is 306 g/mol. The van der Waals surface area contributed by atoms with E-state index in [9.17, 15) is 9.59 Å². The molecule has 2 rings (SSSR count). The van der Waals surface area contributed by atoms with Gasteiger partial charge in [-0.2, -0.15) is 0 Å². The number of imidazole rings is 1. The van der Waals surface area contributed by atoms with Gasteiger partial charge in [-0.25, -0.2) is 4.98 Å². The predicted molar refractivity (Wildman–Crippen MR) is 93.3 cm³/mol. The highest BCUT2D eigenvalue weighted by Crippen LogP contribution is 2.15. The first-order valence-electron chi connectivity index (χ1n) is 8.18. The average Bonchev–Trinajstić information content (AvgIpc) is 2.95. The number of nitrogens with one attached hydrogen (secondary N) is 1. The summed E-state index contributed by atoms with van der Waals surface area (Å²) in [6, 6.07) is 5.45. The van der Waals surface area contributed by atoms with Crippen molar-refractivity contribution in [3.63, 3.8) is 0 Å². The van der Waals surface area contributed by atoms with Crippen LogP contribution in [-0.4, -0.2) is 71.3 Å². The molecule has 0 saturated carbocycles. The molecule has 0 aliphatic carbocycles. The summed E-state index contributed by atoms with van der Waals surface area (Å²) in [5, 5.41) is 2.85. The van der Waals surface area contributed by atoms with Gasteiger partial charge in [0.1, 0.15) is 0 Å². The second kappa shape index (κ2) is 7.92. The van der Waals surface area contributed by atoms with Crippen LogP contribution in [-0.2, 0) is 0 Å². The number of amides is 2. The van der Waals surface area contributed by atoms with Crippen molar-refractivity contribution in [1.29, 1.82) is 0 Å². The number of fused-ring (bicyclic) bond motifs is 1. The van der Waals surface area contributed by atoms with Crippen LogP contribution in [0.4, 0.5) is 0 Å². The van der Waals surface area contributed by atoms with Crippen LogP contribution in [0.15, 0.2) is 24.4 Å². The van der Waals surface area contributed by atoms with Crippen molar-refractivity contribution in [2.24, 2.45) is 0 Å². The highest BCUT2D eigenvalue weighted by atomic mass is 16.2. The smallest absolute Gasteiger partial charge is 0.290 e. The topological polar surface area (TPSA) is 70.0 Å². The third-order valence-corrected chi connectivity index (χ3v) is 3.85. The monoisotopic (exact) mass is 331 g/mol. The van der Waals surface area contributed by atoms with Crippen LogP contribution in [0.1, 0.15) is 35.0 Å². The molecule has 2 amide bonds. The molecule has 0 bridgehead atoms. The molecule has 24 heavy (non-hydrogen) atoms. The second-order valence-corrected chi connectivity index (χ2v) is 5.78. The van der Waals surface area contributed by atoms with E-state index >= 15 is 0 Å². The molecule has 1 N–H and O–H groups in total. The summed E-state index contributed by atoms with van der Waals surface area (Å²) < 4.78 is 1.68. The van der Waals surface area contributed by atoms with E-state index in [4.69, 9.17) is 0 Å². The van der Waals surface area contributed by atoms with Gasteiger partial charge in [0.25, 0.3) is 11.8 Å². The van der Waals surface area contributed by atoms with Gasteiger partial charge in [0, 0.05) is 32.4 Å². The zero-order valence-corrected chi connectivity index (χ0v) is 14.7. The number of pyridine rings is 1. The average molecular weight is 331 g/mol. The molecule has 0 atom stereocenters. The third kappa shape index (κ3) is 3.73. The fourth-order valence-electron chi connectivity index (χ4n) is 2.48. The summed E-state index contributed by atoms with van der Waals surface area (Å²) in [6.07, 6.45) is 1.76. The number of carbonyl (C=O) groups excluding carboxylic acids is 2. The van der Waals surface area contributed by atoms with E-state index in [2.05, 4.69) is 10.3 Å². The SMILES string of the molecule is CCN(CC)C(=O)c1nc(C(=O)NCCN(C)C)c2ccccn12. The Balaban J connectivity index is 2.35. The molecule has 0 fully saturated rings. The maximum atomic E-state index is 12.7. The van der Waals surface area contributed by atoms with Gasteiger partial charge in [0.15, 0.2) is 5.69 Å². The molecular formula is C17H25N5O2. The number of rotatable bonds is 7. The summed E-state index contributed by atoms with van der Waals surface area (Å²) in [5.41, 5.74) is 0.917. The van der Waals surface area contributed by atoms with E-state index in [-0.39, 0.29) is 23.3 Å². The number of carbonyl (C=O) groups is 2. The predicted octanol–water partition coefficient (Wildman–Crippen LogP) is 1.11. The largest absolute Gasteiger partial charge is 0.349 e. The lowest BCUT2D eigenvalue weighted by atomic mass is 10.3. The Morgan fingerprint density at radius 2 is 1.92 bits per heavy atom. The van der Waals surface area contributed by atoms with Gasteiger partial charge < -0.3 is 15.1 Å². The zero-order valence-electron chi connectivity index (χ0n) is 14.7. The van der Waals surface area contributed by atoms with E-state index in [0.717, 1.165) is 6.54 Å². The Hall–Kier alpha value is -2.41. The Bertz CT molecular complexity index is 719. The van der Waals surface area contributed by atoms with Gasteiger partial charge in [-0.15, -0.1) is 0 Å². The quantitative estimate of drug-likeness (QED) is 0.825. The molecule has 0 saturated heterocycles. The normalized spacial score (nSPS) is 11.0. The molecule has 0 unspecified atom stereocenters. The zero-order chi connectivity index (χ0) is 17.7. The Labute approximate surface area is 142 Å². The molecule has 0 aliphatic rings. The summed E-state index contributed by atoms with van der Waals surface area (Å²) in [6.45, 7) is 6.31. The van der Waals surface area contributed by atoms with Gasteiger partial charge in [-0.1, -0.05) is 6.07 Å². The number of hydrogen-bond acceptors (Lipinski definition) is 4. The lowest BCUT2D eigenvalue weighted by Crippen LogP contribution is -2.32. The summed E-state index contributed by atoms with van der Waals surface area (Å²) >= 11 is 0. The molecule has 7 nitrogen and oxygen atoms in total. The van der Waals surface area contributed by atoms with Crippen molar-refractivity contribution >= 4 is 17.3 Å². The summed E-state index contributed by atoms with van der Waals surface area (Å²) in [4.78, 5) is 33.1. The highest BCUT2D eigenvalue weighted by molar-refractivity contribution is 6.02. The summed E-state index contributed by atoms with van der Waals surface area (Å²) in [5.74, 6) is -0.167. The molecule has 0 radical (unpaired) electrons. The van der Waals surface area contributed by atoms with Gasteiger partial charge in [0.05, 0.1) is 5.52 Å². The minimum absolute atomic E-state index is 0.173. The maximum absolute atomic E-state index is 12.7.